The third-order valence-electron chi connectivity index (χ3n) is 2.69. The fourth-order valence-electron chi connectivity index (χ4n) is 1.78. The van der Waals surface area contributed by atoms with Crippen molar-refractivity contribution < 1.29 is 14.3 Å². The molecule has 1 aromatic rings. The van der Waals surface area contributed by atoms with E-state index in [1.54, 1.807) is 13.0 Å². The van der Waals surface area contributed by atoms with Crippen LogP contribution in [0.3, 0.4) is 0 Å². The fraction of sp³-hybridized carbons (Fsp3) is 0.533. The van der Waals surface area contributed by atoms with E-state index in [0.717, 1.165) is 12.8 Å². The summed E-state index contributed by atoms with van der Waals surface area (Å²) in [6.45, 7) is 7.11. The number of hydrogen-bond donors (Lipinski definition) is 0. The van der Waals surface area contributed by atoms with E-state index in [0.29, 0.717) is 30.4 Å². The average molecular weight is 250 g/mol. The Morgan fingerprint density at radius 2 is 2.00 bits per heavy atom. The van der Waals surface area contributed by atoms with Crippen LogP contribution in [0.15, 0.2) is 24.3 Å². The van der Waals surface area contributed by atoms with Crippen LogP contribution in [-0.2, 0) is 4.74 Å². The van der Waals surface area contributed by atoms with Gasteiger partial charge in [-0.1, -0.05) is 32.4 Å². The molecule has 3 nitrogen and oxygen atoms in total. The lowest BCUT2D eigenvalue weighted by atomic mass is 10.1. The largest absolute Gasteiger partial charge is 0.492 e. The summed E-state index contributed by atoms with van der Waals surface area (Å²) in [4.78, 5) is 11.7. The van der Waals surface area contributed by atoms with Crippen LogP contribution in [0.4, 0.5) is 0 Å². The van der Waals surface area contributed by atoms with Gasteiger partial charge in [-0.25, -0.2) is 4.79 Å². The number of carbonyl (C=O) groups excluding carboxylic acids is 1. The Hall–Kier alpha value is -1.51. The summed E-state index contributed by atoms with van der Waals surface area (Å²) in [5.41, 5.74) is 0.503. The van der Waals surface area contributed by atoms with E-state index in [2.05, 4.69) is 13.8 Å². The van der Waals surface area contributed by atoms with Crippen LogP contribution >= 0.6 is 0 Å². The number of rotatable bonds is 7. The van der Waals surface area contributed by atoms with Gasteiger partial charge < -0.3 is 9.47 Å². The molecular formula is C15H22O3. The smallest absolute Gasteiger partial charge is 0.341 e. The van der Waals surface area contributed by atoms with Crippen LogP contribution in [-0.4, -0.2) is 19.2 Å². The number of benzene rings is 1. The maximum absolute atomic E-state index is 11.7. The molecule has 18 heavy (non-hydrogen) atoms. The fourth-order valence-corrected chi connectivity index (χ4v) is 1.78. The van der Waals surface area contributed by atoms with Gasteiger partial charge in [-0.05, 0) is 31.4 Å². The van der Waals surface area contributed by atoms with Crippen molar-refractivity contribution in [1.82, 2.24) is 0 Å². The molecule has 0 saturated heterocycles. The van der Waals surface area contributed by atoms with Crippen molar-refractivity contribution in [2.45, 2.75) is 33.6 Å². The topological polar surface area (TPSA) is 35.5 Å². The molecule has 1 rings (SSSR count). The zero-order chi connectivity index (χ0) is 13.4. The lowest BCUT2D eigenvalue weighted by Crippen LogP contribution is -2.12. The summed E-state index contributed by atoms with van der Waals surface area (Å²) >= 11 is 0. The van der Waals surface area contributed by atoms with Crippen molar-refractivity contribution >= 4 is 5.97 Å². The van der Waals surface area contributed by atoms with E-state index < -0.39 is 0 Å². The molecule has 0 aliphatic rings. The average Bonchev–Trinajstić information content (AvgIpc) is 2.37. The lowest BCUT2D eigenvalue weighted by Gasteiger charge is -2.14. The molecule has 0 bridgehead atoms. The van der Waals surface area contributed by atoms with Crippen molar-refractivity contribution in [3.63, 3.8) is 0 Å². The molecule has 1 atom stereocenters. The minimum absolute atomic E-state index is 0.323. The normalized spacial score (nSPS) is 11.9. The van der Waals surface area contributed by atoms with Gasteiger partial charge in [0, 0.05) is 0 Å². The Morgan fingerprint density at radius 3 is 2.67 bits per heavy atom. The number of ether oxygens (including phenoxy) is 2. The van der Waals surface area contributed by atoms with E-state index in [4.69, 9.17) is 9.47 Å². The van der Waals surface area contributed by atoms with Crippen molar-refractivity contribution in [1.29, 1.82) is 0 Å². The second-order valence-corrected chi connectivity index (χ2v) is 4.42. The van der Waals surface area contributed by atoms with E-state index in [1.807, 2.05) is 18.2 Å². The molecule has 0 aliphatic heterocycles. The standard InChI is InChI=1S/C15H22O3/c1-4-8-12(3)11-18-14-10-7-6-9-13(14)15(16)17-5-2/h6-7,9-10,12H,4-5,8,11H2,1-3H3. The van der Waals surface area contributed by atoms with Crippen LogP contribution < -0.4 is 4.74 Å². The maximum atomic E-state index is 11.7. The molecule has 0 heterocycles. The Bertz CT molecular complexity index is 374. The van der Waals surface area contributed by atoms with Crippen molar-refractivity contribution in [3.8, 4) is 5.75 Å². The van der Waals surface area contributed by atoms with E-state index >= 15 is 0 Å². The predicted molar refractivity (Wildman–Crippen MR) is 72.0 cm³/mol. The summed E-state index contributed by atoms with van der Waals surface area (Å²) in [7, 11) is 0. The van der Waals surface area contributed by atoms with Crippen molar-refractivity contribution in [2.75, 3.05) is 13.2 Å². The van der Waals surface area contributed by atoms with Crippen LogP contribution in [0.1, 0.15) is 44.0 Å². The van der Waals surface area contributed by atoms with Gasteiger partial charge in [0.2, 0.25) is 0 Å². The van der Waals surface area contributed by atoms with Crippen LogP contribution in [0.5, 0.6) is 5.75 Å². The summed E-state index contributed by atoms with van der Waals surface area (Å²) in [5.74, 6) is 0.778. The minimum Gasteiger partial charge on any atom is -0.492 e. The highest BCUT2D eigenvalue weighted by molar-refractivity contribution is 5.92. The first-order valence-corrected chi connectivity index (χ1v) is 6.58. The summed E-state index contributed by atoms with van der Waals surface area (Å²) in [6.07, 6.45) is 2.27. The first-order chi connectivity index (χ1) is 8.69. The summed E-state index contributed by atoms with van der Waals surface area (Å²) in [5, 5.41) is 0. The van der Waals surface area contributed by atoms with Gasteiger partial charge in [0.25, 0.3) is 0 Å². The van der Waals surface area contributed by atoms with E-state index in [-0.39, 0.29) is 5.97 Å². The molecule has 0 aliphatic carbocycles. The molecule has 1 aromatic carbocycles. The van der Waals surface area contributed by atoms with Crippen molar-refractivity contribution in [3.05, 3.63) is 29.8 Å². The number of para-hydroxylation sites is 1. The van der Waals surface area contributed by atoms with Crippen LogP contribution in [0, 0.1) is 5.92 Å². The van der Waals surface area contributed by atoms with Gasteiger partial charge in [0.1, 0.15) is 11.3 Å². The number of hydrogen-bond acceptors (Lipinski definition) is 3. The highest BCUT2D eigenvalue weighted by Gasteiger charge is 2.13. The van der Waals surface area contributed by atoms with E-state index in [1.165, 1.54) is 0 Å². The Kier molecular flexibility index (Phi) is 6.26. The monoisotopic (exact) mass is 250 g/mol. The molecule has 0 saturated carbocycles. The number of esters is 1. The van der Waals surface area contributed by atoms with Crippen molar-refractivity contribution in [2.24, 2.45) is 5.92 Å². The second-order valence-electron chi connectivity index (χ2n) is 4.42. The van der Waals surface area contributed by atoms with Gasteiger partial charge in [-0.2, -0.15) is 0 Å². The third kappa shape index (κ3) is 4.40. The van der Waals surface area contributed by atoms with Crippen LogP contribution in [0.25, 0.3) is 0 Å². The SMILES string of the molecule is CCCC(C)COc1ccccc1C(=O)OCC. The minimum atomic E-state index is -0.323. The molecule has 0 aromatic heterocycles. The molecule has 0 fully saturated rings. The maximum Gasteiger partial charge on any atom is 0.341 e. The molecule has 100 valence electrons. The lowest BCUT2D eigenvalue weighted by molar-refractivity contribution is 0.0521. The molecule has 0 spiro atoms. The highest BCUT2D eigenvalue weighted by Crippen LogP contribution is 2.20. The summed E-state index contributed by atoms with van der Waals surface area (Å²) < 4.78 is 10.7. The Balaban J connectivity index is 2.67. The predicted octanol–water partition coefficient (Wildman–Crippen LogP) is 3.68. The first-order valence-electron chi connectivity index (χ1n) is 6.58. The zero-order valence-corrected chi connectivity index (χ0v) is 11.4. The zero-order valence-electron chi connectivity index (χ0n) is 11.4. The number of carbonyl (C=O) groups is 1. The first kappa shape index (κ1) is 14.6. The Labute approximate surface area is 109 Å². The van der Waals surface area contributed by atoms with Crippen LogP contribution in [0.2, 0.25) is 0 Å². The molecular weight excluding hydrogens is 228 g/mol. The van der Waals surface area contributed by atoms with Gasteiger partial charge in [0.15, 0.2) is 0 Å². The molecule has 3 heteroatoms. The quantitative estimate of drug-likeness (QED) is 0.692. The molecule has 1 unspecified atom stereocenters. The van der Waals surface area contributed by atoms with Gasteiger partial charge in [-0.3, -0.25) is 0 Å². The molecule has 0 radical (unpaired) electrons. The second kappa shape index (κ2) is 7.75. The van der Waals surface area contributed by atoms with Gasteiger partial charge in [0.05, 0.1) is 13.2 Å². The van der Waals surface area contributed by atoms with Gasteiger partial charge >= 0.3 is 5.97 Å². The molecule has 0 N–H and O–H groups in total. The summed E-state index contributed by atoms with van der Waals surface area (Å²) in [6, 6.07) is 7.22. The van der Waals surface area contributed by atoms with Gasteiger partial charge in [-0.15, -0.1) is 0 Å². The third-order valence-corrected chi connectivity index (χ3v) is 2.69. The van der Waals surface area contributed by atoms with E-state index in [9.17, 15) is 4.79 Å². The highest BCUT2D eigenvalue weighted by atomic mass is 16.5. The molecule has 0 amide bonds. The Morgan fingerprint density at radius 1 is 1.28 bits per heavy atom.